The fraction of sp³-hybridized carbons (Fsp3) is 0.316. The average Bonchev–Trinajstić information content (AvgIpc) is 2.55. The van der Waals surface area contributed by atoms with E-state index in [-0.39, 0.29) is 11.9 Å². The summed E-state index contributed by atoms with van der Waals surface area (Å²) in [5.41, 5.74) is 2.97. The Balaban J connectivity index is 2.04. The normalized spacial score (nSPS) is 12.0. The van der Waals surface area contributed by atoms with Gasteiger partial charge in [-0.25, -0.2) is 0 Å². The lowest BCUT2D eigenvalue weighted by atomic mass is 10.1. The zero-order chi connectivity index (χ0) is 16.8. The van der Waals surface area contributed by atoms with E-state index in [0.717, 1.165) is 16.9 Å². The van der Waals surface area contributed by atoms with E-state index in [9.17, 15) is 4.79 Å². The Hall–Kier alpha value is -2.33. The second kappa shape index (κ2) is 7.79. The van der Waals surface area contributed by atoms with Gasteiger partial charge in [0.05, 0.1) is 13.2 Å². The second-order valence-corrected chi connectivity index (χ2v) is 5.83. The SMILES string of the molecule is COc1ccc(C(CNC(=O)c2ccc(C)cc2)N(C)C)cc1. The quantitative estimate of drug-likeness (QED) is 0.891. The van der Waals surface area contributed by atoms with Gasteiger partial charge in [0.15, 0.2) is 0 Å². The van der Waals surface area contributed by atoms with Crippen LogP contribution in [0.5, 0.6) is 5.75 Å². The van der Waals surface area contributed by atoms with Crippen LogP contribution in [0.3, 0.4) is 0 Å². The number of benzene rings is 2. The maximum absolute atomic E-state index is 12.3. The van der Waals surface area contributed by atoms with E-state index in [1.165, 1.54) is 0 Å². The van der Waals surface area contributed by atoms with Crippen molar-refractivity contribution in [3.8, 4) is 5.75 Å². The van der Waals surface area contributed by atoms with Crippen molar-refractivity contribution in [3.63, 3.8) is 0 Å². The number of likely N-dealkylation sites (N-methyl/N-ethyl adjacent to an activating group) is 1. The summed E-state index contributed by atoms with van der Waals surface area (Å²) in [4.78, 5) is 14.4. The molecule has 0 heterocycles. The van der Waals surface area contributed by atoms with Gasteiger partial charge in [0.1, 0.15) is 5.75 Å². The van der Waals surface area contributed by atoms with Gasteiger partial charge < -0.3 is 15.0 Å². The van der Waals surface area contributed by atoms with Gasteiger partial charge in [-0.05, 0) is 50.8 Å². The highest BCUT2D eigenvalue weighted by molar-refractivity contribution is 5.94. The molecule has 0 aromatic heterocycles. The number of aryl methyl sites for hydroxylation is 1. The van der Waals surface area contributed by atoms with Crippen molar-refractivity contribution in [3.05, 3.63) is 65.2 Å². The van der Waals surface area contributed by atoms with Crippen LogP contribution < -0.4 is 10.1 Å². The first-order chi connectivity index (χ1) is 11.0. The van der Waals surface area contributed by atoms with Gasteiger partial charge in [-0.15, -0.1) is 0 Å². The molecule has 2 aromatic carbocycles. The molecule has 23 heavy (non-hydrogen) atoms. The van der Waals surface area contributed by atoms with E-state index < -0.39 is 0 Å². The molecule has 122 valence electrons. The molecule has 0 bridgehead atoms. The van der Waals surface area contributed by atoms with Crippen molar-refractivity contribution in [2.75, 3.05) is 27.7 Å². The van der Waals surface area contributed by atoms with Crippen LogP contribution in [0.4, 0.5) is 0 Å². The van der Waals surface area contributed by atoms with Crippen LogP contribution in [-0.2, 0) is 0 Å². The molecule has 0 aliphatic rings. The fourth-order valence-electron chi connectivity index (χ4n) is 2.42. The lowest BCUT2D eigenvalue weighted by Gasteiger charge is -2.25. The molecule has 1 N–H and O–H groups in total. The van der Waals surface area contributed by atoms with Crippen molar-refractivity contribution in [1.82, 2.24) is 10.2 Å². The van der Waals surface area contributed by atoms with E-state index in [0.29, 0.717) is 12.1 Å². The molecule has 4 heteroatoms. The molecule has 2 aromatic rings. The van der Waals surface area contributed by atoms with Gasteiger partial charge in [-0.3, -0.25) is 4.79 Å². The molecular formula is C19H24N2O2. The molecule has 1 amide bonds. The van der Waals surface area contributed by atoms with Gasteiger partial charge >= 0.3 is 0 Å². The molecular weight excluding hydrogens is 288 g/mol. The zero-order valence-electron chi connectivity index (χ0n) is 14.2. The van der Waals surface area contributed by atoms with E-state index >= 15 is 0 Å². The van der Waals surface area contributed by atoms with E-state index in [1.54, 1.807) is 7.11 Å². The van der Waals surface area contributed by atoms with Crippen molar-refractivity contribution in [1.29, 1.82) is 0 Å². The molecule has 4 nitrogen and oxygen atoms in total. The number of carbonyl (C=O) groups excluding carboxylic acids is 1. The van der Waals surface area contributed by atoms with Crippen LogP contribution in [0, 0.1) is 6.92 Å². The summed E-state index contributed by atoms with van der Waals surface area (Å²) in [5.74, 6) is 0.778. The Kier molecular flexibility index (Phi) is 5.77. The number of ether oxygens (including phenoxy) is 1. The third-order valence-electron chi connectivity index (χ3n) is 3.89. The minimum atomic E-state index is -0.0506. The van der Waals surface area contributed by atoms with Crippen molar-refractivity contribution in [2.45, 2.75) is 13.0 Å². The first-order valence-corrected chi connectivity index (χ1v) is 7.66. The number of nitrogens with zero attached hydrogens (tertiary/aromatic N) is 1. The maximum atomic E-state index is 12.3. The molecule has 1 unspecified atom stereocenters. The van der Waals surface area contributed by atoms with E-state index in [2.05, 4.69) is 10.2 Å². The molecule has 0 spiro atoms. The summed E-state index contributed by atoms with van der Waals surface area (Å²) in [6, 6.07) is 15.6. The first kappa shape index (κ1) is 17.0. The Morgan fingerprint density at radius 2 is 1.70 bits per heavy atom. The minimum Gasteiger partial charge on any atom is -0.497 e. The number of carbonyl (C=O) groups is 1. The Morgan fingerprint density at radius 1 is 1.09 bits per heavy atom. The van der Waals surface area contributed by atoms with Crippen LogP contribution >= 0.6 is 0 Å². The number of hydrogen-bond donors (Lipinski definition) is 1. The van der Waals surface area contributed by atoms with Gasteiger partial charge in [-0.1, -0.05) is 29.8 Å². The molecule has 0 aliphatic carbocycles. The van der Waals surface area contributed by atoms with E-state index in [4.69, 9.17) is 4.74 Å². The molecule has 1 atom stereocenters. The molecule has 0 fully saturated rings. The highest BCUT2D eigenvalue weighted by atomic mass is 16.5. The summed E-state index contributed by atoms with van der Waals surface area (Å²) in [5, 5.41) is 3.02. The lowest BCUT2D eigenvalue weighted by Crippen LogP contribution is -2.34. The smallest absolute Gasteiger partial charge is 0.251 e. The predicted octanol–water partition coefficient (Wildman–Crippen LogP) is 3.04. The summed E-state index contributed by atoms with van der Waals surface area (Å²) in [6.07, 6.45) is 0. The molecule has 0 saturated heterocycles. The number of amides is 1. The van der Waals surface area contributed by atoms with Crippen LogP contribution in [0.25, 0.3) is 0 Å². The van der Waals surface area contributed by atoms with Crippen LogP contribution in [0.2, 0.25) is 0 Å². The highest BCUT2D eigenvalue weighted by Gasteiger charge is 2.16. The standard InChI is InChI=1S/C19H24N2O2/c1-14-5-7-16(8-6-14)19(22)20-13-18(21(2)3)15-9-11-17(23-4)12-10-15/h5-12,18H,13H2,1-4H3,(H,20,22). The lowest BCUT2D eigenvalue weighted by molar-refractivity contribution is 0.0942. The first-order valence-electron chi connectivity index (χ1n) is 7.66. The number of rotatable bonds is 6. The second-order valence-electron chi connectivity index (χ2n) is 5.83. The van der Waals surface area contributed by atoms with Gasteiger partial charge in [0.25, 0.3) is 5.91 Å². The summed E-state index contributed by atoms with van der Waals surface area (Å²) in [6.45, 7) is 2.56. The molecule has 0 aliphatic heterocycles. The largest absolute Gasteiger partial charge is 0.497 e. The van der Waals surface area contributed by atoms with Crippen LogP contribution in [-0.4, -0.2) is 38.6 Å². The minimum absolute atomic E-state index is 0.0506. The van der Waals surface area contributed by atoms with E-state index in [1.807, 2.05) is 69.6 Å². The maximum Gasteiger partial charge on any atom is 0.251 e. The third kappa shape index (κ3) is 4.57. The Bertz CT molecular complexity index is 633. The van der Waals surface area contributed by atoms with Crippen molar-refractivity contribution < 1.29 is 9.53 Å². The number of nitrogens with one attached hydrogen (secondary N) is 1. The molecule has 0 saturated carbocycles. The monoisotopic (exact) mass is 312 g/mol. The molecule has 0 radical (unpaired) electrons. The Labute approximate surface area is 138 Å². The molecule has 2 rings (SSSR count). The predicted molar refractivity (Wildman–Crippen MR) is 92.9 cm³/mol. The van der Waals surface area contributed by atoms with Gasteiger partial charge in [-0.2, -0.15) is 0 Å². The highest BCUT2D eigenvalue weighted by Crippen LogP contribution is 2.20. The fourth-order valence-corrected chi connectivity index (χ4v) is 2.42. The number of methoxy groups -OCH3 is 1. The summed E-state index contributed by atoms with van der Waals surface area (Å²) >= 11 is 0. The zero-order valence-corrected chi connectivity index (χ0v) is 14.2. The van der Waals surface area contributed by atoms with Crippen molar-refractivity contribution in [2.24, 2.45) is 0 Å². The summed E-state index contributed by atoms with van der Waals surface area (Å²) < 4.78 is 5.19. The number of hydrogen-bond acceptors (Lipinski definition) is 3. The Morgan fingerprint density at radius 3 is 2.22 bits per heavy atom. The van der Waals surface area contributed by atoms with Gasteiger partial charge in [0, 0.05) is 12.1 Å². The van der Waals surface area contributed by atoms with Gasteiger partial charge in [0.2, 0.25) is 0 Å². The third-order valence-corrected chi connectivity index (χ3v) is 3.89. The topological polar surface area (TPSA) is 41.6 Å². The van der Waals surface area contributed by atoms with Crippen LogP contribution in [0.15, 0.2) is 48.5 Å². The van der Waals surface area contributed by atoms with Crippen LogP contribution in [0.1, 0.15) is 27.5 Å². The average molecular weight is 312 g/mol. The summed E-state index contributed by atoms with van der Waals surface area (Å²) in [7, 11) is 5.67. The van der Waals surface area contributed by atoms with Crippen molar-refractivity contribution >= 4 is 5.91 Å².